The number of rotatable bonds is 5. The molecule has 1 rings (SSSR count). The maximum Gasteiger partial charge on any atom is 0.260 e. The lowest BCUT2D eigenvalue weighted by molar-refractivity contribution is -0.133. The van der Waals surface area contributed by atoms with Crippen LogP contribution in [0.25, 0.3) is 0 Å². The highest BCUT2D eigenvalue weighted by atomic mass is 16.5. The number of hydrogen-bond donors (Lipinski definition) is 2. The van der Waals surface area contributed by atoms with Crippen LogP contribution in [0.1, 0.15) is 6.92 Å². The van der Waals surface area contributed by atoms with Crippen LogP contribution in [0.5, 0.6) is 5.75 Å². The molecule has 0 aliphatic carbocycles. The van der Waals surface area contributed by atoms with Crippen LogP contribution < -0.4 is 10.5 Å². The standard InChI is InChI=1S/C12H18N2O3/c1-9(15)7-14(2)12(16)8-17-11-5-3-10(13)4-6-11/h3-6,9,15H,7-8,13H2,1-2H3. The number of amides is 1. The fourth-order valence-electron chi connectivity index (χ4n) is 1.32. The van der Waals surface area contributed by atoms with Crippen LogP contribution in [-0.4, -0.2) is 42.2 Å². The molecule has 5 nitrogen and oxygen atoms in total. The average Bonchev–Trinajstić information content (AvgIpc) is 2.27. The van der Waals surface area contributed by atoms with Gasteiger partial charge in [0.1, 0.15) is 5.75 Å². The third-order valence-electron chi connectivity index (χ3n) is 2.21. The fourth-order valence-corrected chi connectivity index (χ4v) is 1.32. The summed E-state index contributed by atoms with van der Waals surface area (Å²) in [5.74, 6) is 0.417. The van der Waals surface area contributed by atoms with Crippen molar-refractivity contribution in [2.24, 2.45) is 0 Å². The van der Waals surface area contributed by atoms with Gasteiger partial charge in [-0.3, -0.25) is 4.79 Å². The zero-order valence-corrected chi connectivity index (χ0v) is 10.1. The first-order valence-corrected chi connectivity index (χ1v) is 5.39. The molecule has 1 aromatic carbocycles. The van der Waals surface area contributed by atoms with E-state index >= 15 is 0 Å². The second kappa shape index (κ2) is 6.10. The van der Waals surface area contributed by atoms with Crippen LogP contribution in [0.4, 0.5) is 5.69 Å². The molecule has 0 aliphatic heterocycles. The molecule has 0 saturated carbocycles. The van der Waals surface area contributed by atoms with Gasteiger partial charge in [0.05, 0.1) is 6.10 Å². The van der Waals surface area contributed by atoms with Gasteiger partial charge in [0.2, 0.25) is 0 Å². The number of nitrogen functional groups attached to an aromatic ring is 1. The van der Waals surface area contributed by atoms with Gasteiger partial charge in [-0.1, -0.05) is 0 Å². The number of aliphatic hydroxyl groups excluding tert-OH is 1. The molecule has 0 fully saturated rings. The van der Waals surface area contributed by atoms with Crippen molar-refractivity contribution in [1.29, 1.82) is 0 Å². The largest absolute Gasteiger partial charge is 0.484 e. The van der Waals surface area contributed by atoms with Crippen LogP contribution in [0.15, 0.2) is 24.3 Å². The lowest BCUT2D eigenvalue weighted by atomic mass is 10.3. The van der Waals surface area contributed by atoms with E-state index in [1.54, 1.807) is 38.2 Å². The maximum absolute atomic E-state index is 11.6. The highest BCUT2D eigenvalue weighted by molar-refractivity contribution is 5.77. The van der Waals surface area contributed by atoms with E-state index in [1.807, 2.05) is 0 Å². The number of anilines is 1. The lowest BCUT2D eigenvalue weighted by Gasteiger charge is -2.18. The van der Waals surface area contributed by atoms with Gasteiger partial charge in [0.25, 0.3) is 5.91 Å². The van der Waals surface area contributed by atoms with Crippen molar-refractivity contribution in [3.63, 3.8) is 0 Å². The van der Waals surface area contributed by atoms with E-state index in [0.29, 0.717) is 18.0 Å². The Balaban J connectivity index is 2.40. The summed E-state index contributed by atoms with van der Waals surface area (Å²) in [5.41, 5.74) is 6.18. The highest BCUT2D eigenvalue weighted by Crippen LogP contribution is 2.12. The van der Waals surface area contributed by atoms with E-state index < -0.39 is 6.10 Å². The molecule has 0 aromatic heterocycles. The number of hydrogen-bond acceptors (Lipinski definition) is 4. The summed E-state index contributed by atoms with van der Waals surface area (Å²) < 4.78 is 5.30. The third kappa shape index (κ3) is 4.74. The molecule has 0 aliphatic rings. The molecule has 94 valence electrons. The van der Waals surface area contributed by atoms with Gasteiger partial charge in [-0.15, -0.1) is 0 Å². The van der Waals surface area contributed by atoms with E-state index in [1.165, 1.54) is 4.90 Å². The highest BCUT2D eigenvalue weighted by Gasteiger charge is 2.11. The molecule has 3 N–H and O–H groups in total. The Morgan fingerprint density at radius 3 is 2.59 bits per heavy atom. The molecule has 0 spiro atoms. The second-order valence-corrected chi connectivity index (χ2v) is 3.98. The molecule has 5 heteroatoms. The molecule has 1 atom stereocenters. The zero-order chi connectivity index (χ0) is 12.8. The number of likely N-dealkylation sites (N-methyl/N-ethyl adjacent to an activating group) is 1. The molecule has 0 heterocycles. The molecule has 0 bridgehead atoms. The zero-order valence-electron chi connectivity index (χ0n) is 10.1. The molecule has 1 aromatic rings. The van der Waals surface area contributed by atoms with Gasteiger partial charge in [0, 0.05) is 19.3 Å². The van der Waals surface area contributed by atoms with Crippen LogP contribution in [0.3, 0.4) is 0 Å². The van der Waals surface area contributed by atoms with Gasteiger partial charge in [-0.2, -0.15) is 0 Å². The molecule has 1 unspecified atom stereocenters. The summed E-state index contributed by atoms with van der Waals surface area (Å²) in [5, 5.41) is 9.14. The summed E-state index contributed by atoms with van der Waals surface area (Å²) in [6, 6.07) is 6.83. The van der Waals surface area contributed by atoms with Crippen molar-refractivity contribution < 1.29 is 14.6 Å². The number of ether oxygens (including phenoxy) is 1. The number of carbonyl (C=O) groups excluding carboxylic acids is 1. The minimum atomic E-state index is -0.541. The van der Waals surface area contributed by atoms with E-state index in [0.717, 1.165) is 0 Å². The molecule has 0 radical (unpaired) electrons. The van der Waals surface area contributed by atoms with Crippen molar-refractivity contribution in [2.75, 3.05) is 25.9 Å². The summed E-state index contributed by atoms with van der Waals surface area (Å²) in [6.07, 6.45) is -0.541. The minimum Gasteiger partial charge on any atom is -0.484 e. The van der Waals surface area contributed by atoms with Crippen molar-refractivity contribution in [3.05, 3.63) is 24.3 Å². The van der Waals surface area contributed by atoms with E-state index in [2.05, 4.69) is 0 Å². The van der Waals surface area contributed by atoms with Gasteiger partial charge in [-0.25, -0.2) is 0 Å². The van der Waals surface area contributed by atoms with Gasteiger partial charge >= 0.3 is 0 Å². The van der Waals surface area contributed by atoms with Crippen LogP contribution in [-0.2, 0) is 4.79 Å². The summed E-state index contributed by atoms with van der Waals surface area (Å²) in [4.78, 5) is 13.0. The molecule has 1 amide bonds. The number of nitrogens with two attached hydrogens (primary N) is 1. The van der Waals surface area contributed by atoms with Crippen LogP contribution in [0.2, 0.25) is 0 Å². The lowest BCUT2D eigenvalue weighted by Crippen LogP contribution is -2.36. The van der Waals surface area contributed by atoms with E-state index in [4.69, 9.17) is 15.6 Å². The summed E-state index contributed by atoms with van der Waals surface area (Å²) in [7, 11) is 1.63. The first-order chi connectivity index (χ1) is 7.99. The normalized spacial score (nSPS) is 11.9. The Bertz CT molecular complexity index is 363. The average molecular weight is 238 g/mol. The van der Waals surface area contributed by atoms with E-state index in [9.17, 15) is 4.79 Å². The van der Waals surface area contributed by atoms with Crippen molar-refractivity contribution in [2.45, 2.75) is 13.0 Å². The van der Waals surface area contributed by atoms with Gasteiger partial charge < -0.3 is 20.5 Å². The topological polar surface area (TPSA) is 75.8 Å². The molecule has 17 heavy (non-hydrogen) atoms. The molecular weight excluding hydrogens is 220 g/mol. The summed E-state index contributed by atoms with van der Waals surface area (Å²) in [6.45, 7) is 1.88. The Kier molecular flexibility index (Phi) is 4.78. The monoisotopic (exact) mass is 238 g/mol. The fraction of sp³-hybridized carbons (Fsp3) is 0.417. The quantitative estimate of drug-likeness (QED) is 0.732. The van der Waals surface area contributed by atoms with Crippen LogP contribution in [0, 0.1) is 0 Å². The van der Waals surface area contributed by atoms with Gasteiger partial charge in [-0.05, 0) is 31.2 Å². The Hall–Kier alpha value is -1.75. The van der Waals surface area contributed by atoms with Crippen molar-refractivity contribution in [3.8, 4) is 5.75 Å². The maximum atomic E-state index is 11.6. The van der Waals surface area contributed by atoms with Gasteiger partial charge in [0.15, 0.2) is 6.61 Å². The summed E-state index contributed by atoms with van der Waals surface area (Å²) >= 11 is 0. The van der Waals surface area contributed by atoms with Crippen molar-refractivity contribution >= 4 is 11.6 Å². The Morgan fingerprint density at radius 1 is 1.47 bits per heavy atom. The number of carbonyl (C=O) groups is 1. The predicted molar refractivity (Wildman–Crippen MR) is 65.7 cm³/mol. The number of nitrogens with zero attached hydrogens (tertiary/aromatic N) is 1. The van der Waals surface area contributed by atoms with E-state index in [-0.39, 0.29) is 12.5 Å². The predicted octanol–water partition coefficient (Wildman–Crippen LogP) is 0.487. The first-order valence-electron chi connectivity index (χ1n) is 5.39. The molecular formula is C12H18N2O3. The first kappa shape index (κ1) is 13.3. The Morgan fingerprint density at radius 2 is 2.06 bits per heavy atom. The minimum absolute atomic E-state index is 0.0485. The second-order valence-electron chi connectivity index (χ2n) is 3.98. The number of aliphatic hydroxyl groups is 1. The Labute approximate surface area is 101 Å². The van der Waals surface area contributed by atoms with Crippen molar-refractivity contribution in [1.82, 2.24) is 4.90 Å². The third-order valence-corrected chi connectivity index (χ3v) is 2.21. The number of benzene rings is 1. The smallest absolute Gasteiger partial charge is 0.260 e. The SMILES string of the molecule is CC(O)CN(C)C(=O)COc1ccc(N)cc1. The van der Waals surface area contributed by atoms with Crippen LogP contribution >= 0.6 is 0 Å². The molecule has 0 saturated heterocycles.